The van der Waals surface area contributed by atoms with Crippen LogP contribution in [0.5, 0.6) is 5.75 Å². The zero-order valence-electron chi connectivity index (χ0n) is 13.1. The standard InChI is InChI=1S/C17H20N2O3S/c1-2-22-14-7-5-12(6-8-14)16-18-13(11-23-16)10-19-9-3-4-15(19)17(20)21/h5-8,11,15H,2-4,9-10H2,1H3,(H,20,21). The molecule has 0 saturated carbocycles. The van der Waals surface area contributed by atoms with Gasteiger partial charge in [-0.15, -0.1) is 11.3 Å². The summed E-state index contributed by atoms with van der Waals surface area (Å²) < 4.78 is 5.45. The van der Waals surface area contributed by atoms with Crippen LogP contribution < -0.4 is 4.74 Å². The van der Waals surface area contributed by atoms with Crippen molar-refractivity contribution >= 4 is 17.3 Å². The summed E-state index contributed by atoms with van der Waals surface area (Å²) >= 11 is 1.59. The molecule has 2 aromatic rings. The van der Waals surface area contributed by atoms with Crippen molar-refractivity contribution in [3.05, 3.63) is 35.3 Å². The van der Waals surface area contributed by atoms with E-state index in [1.165, 1.54) is 0 Å². The number of benzene rings is 1. The van der Waals surface area contributed by atoms with E-state index in [1.807, 2.05) is 41.5 Å². The zero-order chi connectivity index (χ0) is 16.2. The molecular weight excluding hydrogens is 312 g/mol. The van der Waals surface area contributed by atoms with Gasteiger partial charge in [0.05, 0.1) is 12.3 Å². The van der Waals surface area contributed by atoms with Crippen molar-refractivity contribution in [2.45, 2.75) is 32.4 Å². The summed E-state index contributed by atoms with van der Waals surface area (Å²) in [7, 11) is 0. The van der Waals surface area contributed by atoms with Gasteiger partial charge in [0, 0.05) is 17.5 Å². The first-order chi connectivity index (χ1) is 11.2. The van der Waals surface area contributed by atoms with Gasteiger partial charge in [-0.05, 0) is 50.6 Å². The lowest BCUT2D eigenvalue weighted by Crippen LogP contribution is -2.35. The Morgan fingerprint density at radius 1 is 1.43 bits per heavy atom. The number of carboxylic acid groups (broad SMARTS) is 1. The topological polar surface area (TPSA) is 62.7 Å². The molecule has 0 radical (unpaired) electrons. The first-order valence-corrected chi connectivity index (χ1v) is 8.70. The Morgan fingerprint density at radius 3 is 2.91 bits per heavy atom. The second kappa shape index (κ2) is 7.10. The summed E-state index contributed by atoms with van der Waals surface area (Å²) in [6, 6.07) is 7.53. The Morgan fingerprint density at radius 2 is 2.22 bits per heavy atom. The maximum atomic E-state index is 11.2. The van der Waals surface area contributed by atoms with Gasteiger partial charge in [0.2, 0.25) is 0 Å². The fourth-order valence-electron chi connectivity index (χ4n) is 2.88. The van der Waals surface area contributed by atoms with Gasteiger partial charge in [0.25, 0.3) is 0 Å². The van der Waals surface area contributed by atoms with E-state index in [-0.39, 0.29) is 6.04 Å². The summed E-state index contributed by atoms with van der Waals surface area (Å²) in [6.45, 7) is 4.04. The maximum absolute atomic E-state index is 11.2. The highest BCUT2D eigenvalue weighted by molar-refractivity contribution is 7.13. The largest absolute Gasteiger partial charge is 0.494 e. The van der Waals surface area contributed by atoms with Gasteiger partial charge < -0.3 is 9.84 Å². The Kier molecular flexibility index (Phi) is 4.93. The van der Waals surface area contributed by atoms with Crippen LogP contribution in [-0.2, 0) is 11.3 Å². The third-order valence-corrected chi connectivity index (χ3v) is 4.92. The monoisotopic (exact) mass is 332 g/mol. The molecule has 0 aliphatic carbocycles. The molecule has 1 aromatic heterocycles. The molecule has 1 atom stereocenters. The molecule has 1 saturated heterocycles. The number of carbonyl (C=O) groups is 1. The molecule has 0 bridgehead atoms. The molecule has 0 spiro atoms. The molecule has 1 aromatic carbocycles. The number of hydrogen-bond donors (Lipinski definition) is 1. The first-order valence-electron chi connectivity index (χ1n) is 7.82. The van der Waals surface area contributed by atoms with Crippen LogP contribution in [0.1, 0.15) is 25.5 Å². The van der Waals surface area contributed by atoms with E-state index in [1.54, 1.807) is 11.3 Å². The van der Waals surface area contributed by atoms with Gasteiger partial charge in [-0.3, -0.25) is 9.69 Å². The molecule has 0 amide bonds. The lowest BCUT2D eigenvalue weighted by atomic mass is 10.2. The number of aromatic nitrogens is 1. The first kappa shape index (κ1) is 16.0. The van der Waals surface area contributed by atoms with Gasteiger partial charge in [0.15, 0.2) is 0 Å². The molecule has 1 fully saturated rings. The second-order valence-corrected chi connectivity index (χ2v) is 6.43. The fourth-order valence-corrected chi connectivity index (χ4v) is 3.69. The SMILES string of the molecule is CCOc1ccc(-c2nc(CN3CCCC3C(=O)O)cs2)cc1. The molecule has 1 N–H and O–H groups in total. The highest BCUT2D eigenvalue weighted by Gasteiger charge is 2.30. The summed E-state index contributed by atoms with van der Waals surface area (Å²) in [5.41, 5.74) is 1.99. The molecule has 23 heavy (non-hydrogen) atoms. The van der Waals surface area contributed by atoms with E-state index in [0.717, 1.165) is 41.4 Å². The lowest BCUT2D eigenvalue weighted by Gasteiger charge is -2.19. The Labute approximate surface area is 139 Å². The van der Waals surface area contributed by atoms with Crippen LogP contribution in [0.2, 0.25) is 0 Å². The number of carboxylic acids is 1. The van der Waals surface area contributed by atoms with Crippen molar-refractivity contribution < 1.29 is 14.6 Å². The molecule has 1 aliphatic rings. The minimum absolute atomic E-state index is 0.370. The van der Waals surface area contributed by atoms with Crippen molar-refractivity contribution in [2.75, 3.05) is 13.2 Å². The minimum Gasteiger partial charge on any atom is -0.494 e. The van der Waals surface area contributed by atoms with Gasteiger partial charge in [-0.25, -0.2) is 4.98 Å². The van der Waals surface area contributed by atoms with Gasteiger partial charge >= 0.3 is 5.97 Å². The number of nitrogens with zero attached hydrogens (tertiary/aromatic N) is 2. The van der Waals surface area contributed by atoms with Crippen molar-refractivity contribution in [1.82, 2.24) is 9.88 Å². The summed E-state index contributed by atoms with van der Waals surface area (Å²) in [5.74, 6) is 0.124. The average molecular weight is 332 g/mol. The predicted molar refractivity (Wildman–Crippen MR) is 89.8 cm³/mol. The normalized spacial score (nSPS) is 18.2. The number of rotatable bonds is 6. The van der Waals surface area contributed by atoms with E-state index in [4.69, 9.17) is 4.74 Å². The molecule has 6 heteroatoms. The highest BCUT2D eigenvalue weighted by Crippen LogP contribution is 2.27. The van der Waals surface area contributed by atoms with Crippen molar-refractivity contribution in [2.24, 2.45) is 0 Å². The second-order valence-electron chi connectivity index (χ2n) is 5.57. The van der Waals surface area contributed by atoms with Crippen LogP contribution >= 0.6 is 11.3 Å². The van der Waals surface area contributed by atoms with Crippen molar-refractivity contribution in [3.8, 4) is 16.3 Å². The van der Waals surface area contributed by atoms with E-state index in [2.05, 4.69) is 4.98 Å². The minimum atomic E-state index is -0.732. The summed E-state index contributed by atoms with van der Waals surface area (Å²) in [4.78, 5) is 17.9. The van der Waals surface area contributed by atoms with Crippen LogP contribution in [0.3, 0.4) is 0 Å². The summed E-state index contributed by atoms with van der Waals surface area (Å²) in [6.07, 6.45) is 1.66. The van der Waals surface area contributed by atoms with E-state index < -0.39 is 5.97 Å². The fraction of sp³-hybridized carbons (Fsp3) is 0.412. The van der Waals surface area contributed by atoms with Gasteiger partial charge in [-0.2, -0.15) is 0 Å². The number of ether oxygens (including phenoxy) is 1. The van der Waals surface area contributed by atoms with E-state index >= 15 is 0 Å². The molecule has 3 rings (SSSR count). The Balaban J connectivity index is 1.69. The van der Waals surface area contributed by atoms with Crippen LogP contribution in [-0.4, -0.2) is 40.2 Å². The average Bonchev–Trinajstić information content (AvgIpc) is 3.18. The third kappa shape index (κ3) is 3.71. The molecule has 2 heterocycles. The Hall–Kier alpha value is -1.92. The van der Waals surface area contributed by atoms with E-state index in [0.29, 0.717) is 13.2 Å². The number of thiazole rings is 1. The smallest absolute Gasteiger partial charge is 0.320 e. The molecule has 122 valence electrons. The van der Waals surface area contributed by atoms with E-state index in [9.17, 15) is 9.90 Å². The predicted octanol–water partition coefficient (Wildman–Crippen LogP) is 3.26. The molecule has 5 nitrogen and oxygen atoms in total. The number of likely N-dealkylation sites (tertiary alicyclic amines) is 1. The van der Waals surface area contributed by atoms with Crippen molar-refractivity contribution in [3.63, 3.8) is 0 Å². The van der Waals surface area contributed by atoms with Crippen LogP contribution in [0.25, 0.3) is 10.6 Å². The number of hydrogen-bond acceptors (Lipinski definition) is 5. The molecular formula is C17H20N2O3S. The lowest BCUT2D eigenvalue weighted by molar-refractivity contribution is -0.142. The molecule has 1 unspecified atom stereocenters. The highest BCUT2D eigenvalue weighted by atomic mass is 32.1. The van der Waals surface area contributed by atoms with Crippen LogP contribution in [0.4, 0.5) is 0 Å². The summed E-state index contributed by atoms with van der Waals surface area (Å²) in [5, 5.41) is 12.2. The Bertz CT molecular complexity index is 669. The van der Waals surface area contributed by atoms with Gasteiger partial charge in [-0.1, -0.05) is 0 Å². The quantitative estimate of drug-likeness (QED) is 0.880. The molecule has 1 aliphatic heterocycles. The van der Waals surface area contributed by atoms with Crippen LogP contribution in [0.15, 0.2) is 29.6 Å². The third-order valence-electron chi connectivity index (χ3n) is 3.98. The zero-order valence-corrected chi connectivity index (χ0v) is 13.9. The van der Waals surface area contributed by atoms with Crippen LogP contribution in [0, 0.1) is 0 Å². The van der Waals surface area contributed by atoms with Crippen molar-refractivity contribution in [1.29, 1.82) is 0 Å². The van der Waals surface area contributed by atoms with Gasteiger partial charge in [0.1, 0.15) is 16.8 Å². The maximum Gasteiger partial charge on any atom is 0.320 e. The number of aliphatic carboxylic acids is 1.